The first kappa shape index (κ1) is 16.7. The van der Waals surface area contributed by atoms with E-state index in [4.69, 9.17) is 14.2 Å². The number of methoxy groups -OCH3 is 1. The fourth-order valence-electron chi connectivity index (χ4n) is 6.35. The Labute approximate surface area is 164 Å². The van der Waals surface area contributed by atoms with Crippen molar-refractivity contribution >= 4 is 11.9 Å². The minimum absolute atomic E-state index is 0.000505. The fraction of sp³-hybridized carbons (Fsp3) is 0.636. The van der Waals surface area contributed by atoms with E-state index in [1.54, 1.807) is 7.11 Å². The smallest absolute Gasteiger partial charge is 0.410 e. The summed E-state index contributed by atoms with van der Waals surface area (Å²) < 4.78 is 17.9. The third-order valence-electron chi connectivity index (χ3n) is 7.75. The summed E-state index contributed by atoms with van der Waals surface area (Å²) in [4.78, 5) is 27.7. The summed E-state index contributed by atoms with van der Waals surface area (Å²) in [5.41, 5.74) is 1.09. The third-order valence-corrected chi connectivity index (χ3v) is 7.75. The molecule has 28 heavy (non-hydrogen) atoms. The van der Waals surface area contributed by atoms with E-state index in [1.807, 2.05) is 11.0 Å². The molecule has 3 aliphatic carbocycles. The van der Waals surface area contributed by atoms with Gasteiger partial charge in [-0.3, -0.25) is 4.79 Å². The molecule has 0 radical (unpaired) electrons. The van der Waals surface area contributed by atoms with Gasteiger partial charge in [0.2, 0.25) is 0 Å². The third kappa shape index (κ3) is 1.93. The average molecular weight is 383 g/mol. The maximum atomic E-state index is 13.0. The predicted octanol–water partition coefficient (Wildman–Crippen LogP) is 2.99. The van der Waals surface area contributed by atoms with Crippen LogP contribution >= 0.6 is 0 Å². The number of nitrogens with zero attached hydrogens (tertiary/aromatic N) is 1. The van der Waals surface area contributed by atoms with E-state index in [-0.39, 0.29) is 17.9 Å². The van der Waals surface area contributed by atoms with Crippen LogP contribution in [0.2, 0.25) is 0 Å². The molecule has 148 valence electrons. The van der Waals surface area contributed by atoms with Crippen LogP contribution in [0.5, 0.6) is 11.5 Å². The lowest BCUT2D eigenvalue weighted by Crippen LogP contribution is -2.67. The molecule has 1 saturated heterocycles. The molecule has 6 rings (SSSR count). The molecule has 1 aromatic carbocycles. The Morgan fingerprint density at radius 1 is 1.25 bits per heavy atom. The molecule has 2 spiro atoms. The molecule has 3 fully saturated rings. The van der Waals surface area contributed by atoms with Crippen molar-refractivity contribution in [3.63, 3.8) is 0 Å². The van der Waals surface area contributed by atoms with E-state index in [1.165, 1.54) is 18.4 Å². The summed E-state index contributed by atoms with van der Waals surface area (Å²) in [7, 11) is 1.64. The molecule has 2 saturated carbocycles. The lowest BCUT2D eigenvalue weighted by atomic mass is 9.50. The summed E-state index contributed by atoms with van der Waals surface area (Å²) in [6.07, 6.45) is 5.16. The van der Waals surface area contributed by atoms with Crippen LogP contribution in [0.25, 0.3) is 0 Å². The van der Waals surface area contributed by atoms with Crippen molar-refractivity contribution in [3.8, 4) is 11.5 Å². The van der Waals surface area contributed by atoms with Crippen molar-refractivity contribution in [1.82, 2.24) is 4.90 Å². The SMILES string of the molecule is COc1ccc2c3c1OCC[C@@]31CC(=O)CC[C@]13OC(=O)N(CC1CC1)[C@@H]3C2. The molecule has 5 aliphatic rings. The van der Waals surface area contributed by atoms with Crippen molar-refractivity contribution in [1.29, 1.82) is 0 Å². The van der Waals surface area contributed by atoms with Gasteiger partial charge in [0.25, 0.3) is 0 Å². The number of rotatable bonds is 3. The summed E-state index contributed by atoms with van der Waals surface area (Å²) in [5, 5.41) is 0. The second-order valence-electron chi connectivity index (χ2n) is 9.10. The van der Waals surface area contributed by atoms with Gasteiger partial charge in [-0.2, -0.15) is 0 Å². The highest BCUT2D eigenvalue weighted by Crippen LogP contribution is 2.63. The molecular weight excluding hydrogens is 358 g/mol. The van der Waals surface area contributed by atoms with Crippen molar-refractivity contribution in [2.45, 2.75) is 62.0 Å². The van der Waals surface area contributed by atoms with Gasteiger partial charge in [-0.1, -0.05) is 6.07 Å². The van der Waals surface area contributed by atoms with Crippen LogP contribution in [0, 0.1) is 5.92 Å². The van der Waals surface area contributed by atoms with Gasteiger partial charge in [-0.05, 0) is 49.7 Å². The number of hydrogen-bond donors (Lipinski definition) is 0. The van der Waals surface area contributed by atoms with E-state index in [0.29, 0.717) is 44.0 Å². The predicted molar refractivity (Wildman–Crippen MR) is 99.8 cm³/mol. The molecule has 3 atom stereocenters. The highest BCUT2D eigenvalue weighted by Gasteiger charge is 2.71. The number of carbonyl (C=O) groups excluding carboxylic acids is 2. The van der Waals surface area contributed by atoms with Crippen molar-refractivity contribution in [2.24, 2.45) is 5.92 Å². The van der Waals surface area contributed by atoms with Gasteiger partial charge in [-0.15, -0.1) is 0 Å². The van der Waals surface area contributed by atoms with Gasteiger partial charge >= 0.3 is 6.09 Å². The second kappa shape index (κ2) is 5.43. The molecule has 2 aliphatic heterocycles. The zero-order chi connectivity index (χ0) is 19.1. The first-order valence-electron chi connectivity index (χ1n) is 10.4. The quantitative estimate of drug-likeness (QED) is 0.803. The molecular formula is C22H25NO5. The van der Waals surface area contributed by atoms with Gasteiger partial charge in [0.15, 0.2) is 11.5 Å². The monoisotopic (exact) mass is 383 g/mol. The number of benzene rings is 1. The van der Waals surface area contributed by atoms with Crippen LogP contribution < -0.4 is 9.47 Å². The highest BCUT2D eigenvalue weighted by atomic mass is 16.6. The fourth-order valence-corrected chi connectivity index (χ4v) is 6.35. The van der Waals surface area contributed by atoms with Crippen LogP contribution in [0.4, 0.5) is 4.79 Å². The van der Waals surface area contributed by atoms with Crippen LogP contribution in [0.3, 0.4) is 0 Å². The Kier molecular flexibility index (Phi) is 3.23. The van der Waals surface area contributed by atoms with E-state index in [0.717, 1.165) is 24.3 Å². The molecule has 0 aromatic heterocycles. The Bertz CT molecular complexity index is 893. The maximum absolute atomic E-state index is 13.0. The minimum atomic E-state index is -0.634. The molecule has 0 N–H and O–H groups in total. The summed E-state index contributed by atoms with van der Waals surface area (Å²) in [6.45, 7) is 1.29. The van der Waals surface area contributed by atoms with Crippen molar-refractivity contribution in [2.75, 3.05) is 20.3 Å². The zero-order valence-electron chi connectivity index (χ0n) is 16.2. The number of ketones is 1. The molecule has 0 bridgehead atoms. The lowest BCUT2D eigenvalue weighted by Gasteiger charge is -2.57. The average Bonchev–Trinajstić information content (AvgIpc) is 3.46. The molecule has 6 nitrogen and oxygen atoms in total. The molecule has 6 heteroatoms. The number of amides is 1. The standard InChI is InChI=1S/C22H25NO5/c1-26-16-5-4-14-10-17-22(28-20(25)23(17)12-13-2-3-13)7-6-15(24)11-21(22)8-9-27-19(16)18(14)21/h4-5,13,17H,2-3,6-12H2,1H3/t17-,21-,22-/m1/s1. The first-order chi connectivity index (χ1) is 13.6. The number of hydrogen-bond acceptors (Lipinski definition) is 5. The molecule has 2 heterocycles. The Morgan fingerprint density at radius 2 is 2.11 bits per heavy atom. The van der Waals surface area contributed by atoms with Crippen LogP contribution in [0.15, 0.2) is 12.1 Å². The number of carbonyl (C=O) groups is 2. The van der Waals surface area contributed by atoms with Crippen molar-refractivity contribution < 1.29 is 23.8 Å². The summed E-state index contributed by atoms with van der Waals surface area (Å²) >= 11 is 0. The largest absolute Gasteiger partial charge is 0.493 e. The Hall–Kier alpha value is -2.24. The van der Waals surface area contributed by atoms with Gasteiger partial charge in [0.1, 0.15) is 11.4 Å². The van der Waals surface area contributed by atoms with E-state index in [2.05, 4.69) is 6.07 Å². The zero-order valence-corrected chi connectivity index (χ0v) is 16.2. The van der Waals surface area contributed by atoms with Crippen LogP contribution in [0.1, 0.15) is 49.7 Å². The Morgan fingerprint density at radius 3 is 2.89 bits per heavy atom. The van der Waals surface area contributed by atoms with Crippen LogP contribution in [-0.4, -0.2) is 48.7 Å². The lowest BCUT2D eigenvalue weighted by molar-refractivity contribution is -0.138. The van der Waals surface area contributed by atoms with Gasteiger partial charge in [-0.25, -0.2) is 4.79 Å². The van der Waals surface area contributed by atoms with E-state index in [9.17, 15) is 9.59 Å². The maximum Gasteiger partial charge on any atom is 0.410 e. The number of ether oxygens (including phenoxy) is 3. The van der Waals surface area contributed by atoms with Gasteiger partial charge in [0.05, 0.1) is 25.2 Å². The van der Waals surface area contributed by atoms with E-state index >= 15 is 0 Å². The Balaban J connectivity index is 1.58. The molecule has 1 aromatic rings. The minimum Gasteiger partial charge on any atom is -0.493 e. The normalized spacial score (nSPS) is 35.5. The first-order valence-corrected chi connectivity index (χ1v) is 10.4. The van der Waals surface area contributed by atoms with E-state index < -0.39 is 11.0 Å². The molecule has 0 unspecified atom stereocenters. The second-order valence-corrected chi connectivity index (χ2v) is 9.10. The van der Waals surface area contributed by atoms with Crippen LogP contribution in [-0.2, 0) is 21.4 Å². The molecule has 1 amide bonds. The van der Waals surface area contributed by atoms with Gasteiger partial charge < -0.3 is 19.1 Å². The van der Waals surface area contributed by atoms with Gasteiger partial charge in [0, 0.05) is 24.9 Å². The topological polar surface area (TPSA) is 65.1 Å². The van der Waals surface area contributed by atoms with Crippen molar-refractivity contribution in [3.05, 3.63) is 23.3 Å². The summed E-state index contributed by atoms with van der Waals surface area (Å²) in [6, 6.07) is 4.05. The number of Topliss-reactive ketones (excluding diaryl/α,β-unsaturated/α-hetero) is 1. The summed E-state index contributed by atoms with van der Waals surface area (Å²) in [5.74, 6) is 2.30. The highest BCUT2D eigenvalue weighted by molar-refractivity contribution is 5.85.